The van der Waals surface area contributed by atoms with Crippen LogP contribution in [0.15, 0.2) is 30.9 Å². The Kier molecular flexibility index (Phi) is 5.33. The van der Waals surface area contributed by atoms with Gasteiger partial charge < -0.3 is 10.6 Å². The highest BCUT2D eigenvalue weighted by atomic mass is 32.2. The van der Waals surface area contributed by atoms with Gasteiger partial charge in [0.25, 0.3) is 5.91 Å². The van der Waals surface area contributed by atoms with E-state index in [1.54, 1.807) is 11.8 Å². The number of hydrogen-bond donors (Lipinski definition) is 2. The van der Waals surface area contributed by atoms with Crippen molar-refractivity contribution in [1.82, 2.24) is 5.32 Å². The molecule has 0 saturated heterocycles. The lowest BCUT2D eigenvalue weighted by Gasteiger charge is -2.18. The van der Waals surface area contributed by atoms with Crippen LogP contribution in [-0.4, -0.2) is 30.5 Å². The van der Waals surface area contributed by atoms with Crippen LogP contribution in [0.25, 0.3) is 0 Å². The third-order valence-electron chi connectivity index (χ3n) is 3.07. The van der Waals surface area contributed by atoms with Crippen molar-refractivity contribution in [3.05, 3.63) is 42.0 Å². The smallest absolute Gasteiger partial charge is 0.251 e. The number of hydrogen-bond acceptors (Lipinski definition) is 3. The first kappa shape index (κ1) is 14.0. The van der Waals surface area contributed by atoms with Crippen LogP contribution in [-0.2, 0) is 6.42 Å². The molecular formula is C15H20N2OS. The summed E-state index contributed by atoms with van der Waals surface area (Å²) in [5.74, 6) is 1.87. The Hall–Kier alpha value is -1.42. The number of amides is 1. The van der Waals surface area contributed by atoms with E-state index in [1.807, 2.05) is 24.3 Å². The molecule has 0 aliphatic carbocycles. The lowest BCUT2D eigenvalue weighted by atomic mass is 10.0. The van der Waals surface area contributed by atoms with E-state index in [0.717, 1.165) is 36.5 Å². The average Bonchev–Trinajstić information content (AvgIpc) is 2.46. The molecule has 102 valence electrons. The predicted octanol–water partition coefficient (Wildman–Crippen LogP) is 2.69. The van der Waals surface area contributed by atoms with Crippen molar-refractivity contribution < 1.29 is 4.79 Å². The Balaban J connectivity index is 1.87. The summed E-state index contributed by atoms with van der Waals surface area (Å²) in [6, 6.07) is 5.91. The molecule has 0 atom stereocenters. The number of benzene rings is 1. The highest BCUT2D eigenvalue weighted by Crippen LogP contribution is 2.22. The molecule has 1 heterocycles. The normalized spacial score (nSPS) is 13.3. The minimum atomic E-state index is 0.0209. The molecule has 1 aromatic rings. The molecule has 1 aliphatic heterocycles. The number of rotatable bonds is 6. The van der Waals surface area contributed by atoms with Crippen molar-refractivity contribution in [2.75, 3.05) is 29.9 Å². The quantitative estimate of drug-likeness (QED) is 0.620. The zero-order valence-corrected chi connectivity index (χ0v) is 11.9. The molecule has 0 unspecified atom stereocenters. The van der Waals surface area contributed by atoms with Crippen molar-refractivity contribution in [2.45, 2.75) is 12.8 Å². The summed E-state index contributed by atoms with van der Waals surface area (Å²) < 4.78 is 0. The topological polar surface area (TPSA) is 41.1 Å². The molecule has 3 nitrogen and oxygen atoms in total. The maximum Gasteiger partial charge on any atom is 0.251 e. The van der Waals surface area contributed by atoms with Crippen LogP contribution in [0.3, 0.4) is 0 Å². The fraction of sp³-hybridized carbons (Fsp3) is 0.400. The maximum absolute atomic E-state index is 12.0. The second-order valence-corrected chi connectivity index (χ2v) is 5.67. The second kappa shape index (κ2) is 7.24. The van der Waals surface area contributed by atoms with Crippen LogP contribution in [0.5, 0.6) is 0 Å². The van der Waals surface area contributed by atoms with Gasteiger partial charge in [-0.05, 0) is 36.6 Å². The number of carbonyl (C=O) groups is 1. The summed E-state index contributed by atoms with van der Waals surface area (Å²) >= 11 is 1.77. The second-order valence-electron chi connectivity index (χ2n) is 4.52. The SMILES string of the molecule is C=CCSCCNC(=O)c1ccc2c(c1)CCCN2. The Morgan fingerprint density at radius 2 is 2.42 bits per heavy atom. The molecule has 0 aromatic heterocycles. The molecule has 0 bridgehead atoms. The van der Waals surface area contributed by atoms with Crippen molar-refractivity contribution in [2.24, 2.45) is 0 Å². The fourth-order valence-corrected chi connectivity index (χ4v) is 2.70. The van der Waals surface area contributed by atoms with Gasteiger partial charge in [-0.3, -0.25) is 4.79 Å². The molecule has 4 heteroatoms. The van der Waals surface area contributed by atoms with Gasteiger partial charge >= 0.3 is 0 Å². The first-order valence-electron chi connectivity index (χ1n) is 6.65. The highest BCUT2D eigenvalue weighted by molar-refractivity contribution is 7.99. The van der Waals surface area contributed by atoms with E-state index >= 15 is 0 Å². The van der Waals surface area contributed by atoms with Crippen molar-refractivity contribution in [3.8, 4) is 0 Å². The van der Waals surface area contributed by atoms with Gasteiger partial charge in [0.05, 0.1) is 0 Å². The summed E-state index contributed by atoms with van der Waals surface area (Å²) in [6.07, 6.45) is 4.07. The van der Waals surface area contributed by atoms with Crippen LogP contribution in [0.4, 0.5) is 5.69 Å². The van der Waals surface area contributed by atoms with Crippen LogP contribution < -0.4 is 10.6 Å². The molecule has 0 saturated carbocycles. The number of nitrogens with one attached hydrogen (secondary N) is 2. The van der Waals surface area contributed by atoms with E-state index in [-0.39, 0.29) is 5.91 Å². The van der Waals surface area contributed by atoms with E-state index in [0.29, 0.717) is 6.54 Å². The molecular weight excluding hydrogens is 256 g/mol. The Bertz CT molecular complexity index is 459. The van der Waals surface area contributed by atoms with Gasteiger partial charge in [0, 0.05) is 35.8 Å². The monoisotopic (exact) mass is 276 g/mol. The molecule has 19 heavy (non-hydrogen) atoms. The van der Waals surface area contributed by atoms with E-state index in [2.05, 4.69) is 17.2 Å². The van der Waals surface area contributed by atoms with E-state index in [4.69, 9.17) is 0 Å². The van der Waals surface area contributed by atoms with Crippen LogP contribution in [0, 0.1) is 0 Å². The lowest BCUT2D eigenvalue weighted by molar-refractivity contribution is 0.0956. The standard InChI is InChI=1S/C15H20N2OS/c1-2-9-19-10-8-17-15(18)13-5-6-14-12(11-13)4-3-7-16-14/h2,5-6,11,16H,1,3-4,7-10H2,(H,17,18). The third-order valence-corrected chi connectivity index (χ3v) is 4.04. The summed E-state index contributed by atoms with van der Waals surface area (Å²) in [6.45, 7) is 5.40. The zero-order chi connectivity index (χ0) is 13.5. The zero-order valence-electron chi connectivity index (χ0n) is 11.1. The maximum atomic E-state index is 12.0. The van der Waals surface area contributed by atoms with Crippen molar-refractivity contribution >= 4 is 23.4 Å². The van der Waals surface area contributed by atoms with Gasteiger partial charge in [0.1, 0.15) is 0 Å². The molecule has 0 radical (unpaired) electrons. The van der Waals surface area contributed by atoms with Crippen molar-refractivity contribution in [3.63, 3.8) is 0 Å². The number of thioether (sulfide) groups is 1. The van der Waals surface area contributed by atoms with Gasteiger partial charge in [0.15, 0.2) is 0 Å². The summed E-state index contributed by atoms with van der Waals surface area (Å²) in [4.78, 5) is 12.0. The Morgan fingerprint density at radius 1 is 1.53 bits per heavy atom. The van der Waals surface area contributed by atoms with Gasteiger partial charge in [-0.2, -0.15) is 11.8 Å². The number of aryl methyl sites for hydroxylation is 1. The van der Waals surface area contributed by atoms with E-state index in [1.165, 1.54) is 11.3 Å². The van der Waals surface area contributed by atoms with Gasteiger partial charge in [0.2, 0.25) is 0 Å². The Morgan fingerprint density at radius 3 is 3.26 bits per heavy atom. The number of fused-ring (bicyclic) bond motifs is 1. The summed E-state index contributed by atoms with van der Waals surface area (Å²) in [5, 5.41) is 6.30. The van der Waals surface area contributed by atoms with Crippen LogP contribution >= 0.6 is 11.8 Å². The average molecular weight is 276 g/mol. The van der Waals surface area contributed by atoms with E-state index < -0.39 is 0 Å². The highest BCUT2D eigenvalue weighted by Gasteiger charge is 2.11. The minimum absolute atomic E-state index is 0.0209. The largest absolute Gasteiger partial charge is 0.385 e. The molecule has 1 amide bonds. The molecule has 2 N–H and O–H groups in total. The van der Waals surface area contributed by atoms with Gasteiger partial charge in [-0.25, -0.2) is 0 Å². The van der Waals surface area contributed by atoms with Crippen LogP contribution in [0.1, 0.15) is 22.3 Å². The summed E-state index contributed by atoms with van der Waals surface area (Å²) in [7, 11) is 0. The lowest BCUT2D eigenvalue weighted by Crippen LogP contribution is -2.26. The van der Waals surface area contributed by atoms with Gasteiger partial charge in [-0.1, -0.05) is 6.08 Å². The number of carbonyl (C=O) groups excluding carboxylic acids is 1. The molecule has 1 aromatic carbocycles. The summed E-state index contributed by atoms with van der Waals surface area (Å²) in [5.41, 5.74) is 3.18. The van der Waals surface area contributed by atoms with Gasteiger partial charge in [-0.15, -0.1) is 6.58 Å². The first-order chi connectivity index (χ1) is 9.31. The predicted molar refractivity (Wildman–Crippen MR) is 83.1 cm³/mol. The number of anilines is 1. The third kappa shape index (κ3) is 4.03. The van der Waals surface area contributed by atoms with Crippen LogP contribution in [0.2, 0.25) is 0 Å². The Labute approximate surface area is 118 Å². The molecule has 0 spiro atoms. The first-order valence-corrected chi connectivity index (χ1v) is 7.80. The van der Waals surface area contributed by atoms with Crippen molar-refractivity contribution in [1.29, 1.82) is 0 Å². The molecule has 1 aliphatic rings. The molecule has 0 fully saturated rings. The van der Waals surface area contributed by atoms with E-state index in [9.17, 15) is 4.79 Å². The minimum Gasteiger partial charge on any atom is -0.385 e. The molecule has 2 rings (SSSR count). The fourth-order valence-electron chi connectivity index (χ4n) is 2.12.